The van der Waals surface area contributed by atoms with Gasteiger partial charge in [0, 0.05) is 11.9 Å². The number of aliphatic hydroxyl groups is 1. The van der Waals surface area contributed by atoms with Crippen molar-refractivity contribution in [3.8, 4) is 0 Å². The quantitative estimate of drug-likeness (QED) is 0.831. The van der Waals surface area contributed by atoms with Crippen LogP contribution < -0.4 is 5.32 Å². The van der Waals surface area contributed by atoms with Gasteiger partial charge in [-0.2, -0.15) is 0 Å². The Labute approximate surface area is 98.8 Å². The minimum atomic E-state index is -0.0774. The summed E-state index contributed by atoms with van der Waals surface area (Å²) in [6.07, 6.45) is 0. The smallest absolute Gasteiger partial charge is 0.0795 e. The Kier molecular flexibility index (Phi) is 4.04. The van der Waals surface area contributed by atoms with Crippen molar-refractivity contribution in [2.24, 2.45) is 0 Å². The van der Waals surface area contributed by atoms with E-state index in [1.807, 2.05) is 23.6 Å². The molecule has 0 bridgehead atoms. The van der Waals surface area contributed by atoms with Crippen LogP contribution in [0, 0.1) is 0 Å². The third kappa shape index (κ3) is 2.88. The Morgan fingerprint density at radius 2 is 2.12 bits per heavy atom. The van der Waals surface area contributed by atoms with E-state index in [1.165, 1.54) is 5.56 Å². The van der Waals surface area contributed by atoms with Gasteiger partial charge in [-0.25, -0.2) is 4.98 Å². The van der Waals surface area contributed by atoms with Crippen LogP contribution in [0.4, 0.5) is 0 Å². The summed E-state index contributed by atoms with van der Waals surface area (Å²) in [6.45, 7) is 0.806. The Morgan fingerprint density at radius 1 is 1.31 bits per heavy atom. The minimum absolute atomic E-state index is 0.0660. The van der Waals surface area contributed by atoms with E-state index in [9.17, 15) is 5.11 Å². The molecule has 1 atom stereocenters. The summed E-state index contributed by atoms with van der Waals surface area (Å²) in [5.41, 5.74) is 3.89. The summed E-state index contributed by atoms with van der Waals surface area (Å²) >= 11 is 1.54. The number of aliphatic hydroxyl groups excluding tert-OH is 1. The molecule has 3 nitrogen and oxygen atoms in total. The molecule has 2 rings (SSSR count). The second-order valence-corrected chi connectivity index (χ2v) is 4.23. The Balaban J connectivity index is 1.94. The molecule has 1 aromatic heterocycles. The largest absolute Gasteiger partial charge is 0.394 e. The molecular weight excluding hydrogens is 220 g/mol. The number of nitrogens with zero attached hydrogens (tertiary/aromatic N) is 1. The van der Waals surface area contributed by atoms with Crippen LogP contribution in [-0.2, 0) is 6.54 Å². The van der Waals surface area contributed by atoms with Crippen LogP contribution >= 0.6 is 11.3 Å². The van der Waals surface area contributed by atoms with Crippen molar-refractivity contribution < 1.29 is 5.11 Å². The van der Waals surface area contributed by atoms with Crippen molar-refractivity contribution in [3.05, 3.63) is 52.5 Å². The number of thiazole rings is 1. The minimum Gasteiger partial charge on any atom is -0.394 e. The van der Waals surface area contributed by atoms with Gasteiger partial charge in [-0.3, -0.25) is 0 Å². The van der Waals surface area contributed by atoms with E-state index in [4.69, 9.17) is 0 Å². The van der Waals surface area contributed by atoms with Crippen molar-refractivity contribution in [2.75, 3.05) is 6.61 Å². The Morgan fingerprint density at radius 3 is 2.75 bits per heavy atom. The highest BCUT2D eigenvalue weighted by Crippen LogP contribution is 2.13. The first-order valence-electron chi connectivity index (χ1n) is 5.16. The molecule has 0 amide bonds. The van der Waals surface area contributed by atoms with Crippen molar-refractivity contribution in [1.29, 1.82) is 0 Å². The van der Waals surface area contributed by atoms with E-state index < -0.39 is 0 Å². The maximum absolute atomic E-state index is 9.28. The van der Waals surface area contributed by atoms with E-state index in [2.05, 4.69) is 22.4 Å². The molecule has 0 radical (unpaired) electrons. The molecular formula is C12H14N2OS. The van der Waals surface area contributed by atoms with Crippen LogP contribution in [0.3, 0.4) is 0 Å². The molecule has 0 saturated heterocycles. The van der Waals surface area contributed by atoms with Crippen LogP contribution in [0.1, 0.15) is 17.3 Å². The van der Waals surface area contributed by atoms with Gasteiger partial charge in [-0.1, -0.05) is 30.3 Å². The van der Waals surface area contributed by atoms with Gasteiger partial charge in [0.2, 0.25) is 0 Å². The fourth-order valence-corrected chi connectivity index (χ4v) is 2.10. The fraction of sp³-hybridized carbons (Fsp3) is 0.250. The zero-order valence-corrected chi connectivity index (χ0v) is 9.65. The molecule has 0 aliphatic rings. The lowest BCUT2D eigenvalue weighted by molar-refractivity contribution is 0.241. The molecule has 0 saturated carbocycles. The van der Waals surface area contributed by atoms with Gasteiger partial charge in [0.1, 0.15) is 0 Å². The standard InChI is InChI=1S/C12H14N2OS/c15-7-11(12-8-16-9-14-12)13-6-10-4-2-1-3-5-10/h1-5,8-9,11,13,15H,6-7H2. The average molecular weight is 234 g/mol. The number of hydrogen-bond donors (Lipinski definition) is 2. The van der Waals surface area contributed by atoms with Crippen molar-refractivity contribution in [3.63, 3.8) is 0 Å². The van der Waals surface area contributed by atoms with Crippen LogP contribution in [-0.4, -0.2) is 16.7 Å². The molecule has 0 spiro atoms. The average Bonchev–Trinajstić information content (AvgIpc) is 2.85. The van der Waals surface area contributed by atoms with Gasteiger partial charge in [0.05, 0.1) is 23.9 Å². The first-order valence-corrected chi connectivity index (χ1v) is 6.10. The highest BCUT2D eigenvalue weighted by Gasteiger charge is 2.10. The lowest BCUT2D eigenvalue weighted by Gasteiger charge is -2.13. The monoisotopic (exact) mass is 234 g/mol. The molecule has 2 N–H and O–H groups in total. The molecule has 1 heterocycles. The van der Waals surface area contributed by atoms with E-state index in [1.54, 1.807) is 16.8 Å². The highest BCUT2D eigenvalue weighted by atomic mass is 32.1. The van der Waals surface area contributed by atoms with Gasteiger partial charge >= 0.3 is 0 Å². The number of benzene rings is 1. The number of hydrogen-bond acceptors (Lipinski definition) is 4. The van der Waals surface area contributed by atoms with E-state index >= 15 is 0 Å². The van der Waals surface area contributed by atoms with Gasteiger partial charge in [0.15, 0.2) is 0 Å². The summed E-state index contributed by atoms with van der Waals surface area (Å²) in [4.78, 5) is 4.20. The van der Waals surface area contributed by atoms with Crippen LogP contribution in [0.25, 0.3) is 0 Å². The molecule has 0 fully saturated rings. The summed E-state index contributed by atoms with van der Waals surface area (Å²) in [5, 5.41) is 14.5. The first-order chi connectivity index (χ1) is 7.90. The summed E-state index contributed by atoms with van der Waals surface area (Å²) in [6, 6.07) is 10.0. The van der Waals surface area contributed by atoms with Crippen molar-refractivity contribution in [1.82, 2.24) is 10.3 Å². The predicted molar refractivity (Wildman–Crippen MR) is 65.2 cm³/mol. The second kappa shape index (κ2) is 5.75. The highest BCUT2D eigenvalue weighted by molar-refractivity contribution is 7.07. The van der Waals surface area contributed by atoms with Gasteiger partial charge < -0.3 is 10.4 Å². The maximum atomic E-state index is 9.28. The van der Waals surface area contributed by atoms with Crippen LogP contribution in [0.15, 0.2) is 41.2 Å². The molecule has 0 aliphatic carbocycles. The maximum Gasteiger partial charge on any atom is 0.0795 e. The lowest BCUT2D eigenvalue weighted by Crippen LogP contribution is -2.24. The van der Waals surface area contributed by atoms with E-state index in [0.29, 0.717) is 0 Å². The fourth-order valence-electron chi connectivity index (χ4n) is 1.49. The molecule has 16 heavy (non-hydrogen) atoms. The zero-order valence-electron chi connectivity index (χ0n) is 8.84. The van der Waals surface area contributed by atoms with Gasteiger partial charge in [0.25, 0.3) is 0 Å². The number of nitrogens with one attached hydrogen (secondary N) is 1. The SMILES string of the molecule is OCC(NCc1ccccc1)c1cscn1. The van der Waals surface area contributed by atoms with Gasteiger partial charge in [-0.05, 0) is 5.56 Å². The molecule has 1 unspecified atom stereocenters. The van der Waals surface area contributed by atoms with E-state index in [0.717, 1.165) is 12.2 Å². The third-order valence-corrected chi connectivity index (χ3v) is 2.99. The third-order valence-electron chi connectivity index (χ3n) is 2.39. The molecule has 2 aromatic rings. The number of aromatic nitrogens is 1. The summed E-state index contributed by atoms with van der Waals surface area (Å²) < 4.78 is 0. The Bertz CT molecular complexity index is 402. The lowest BCUT2D eigenvalue weighted by atomic mass is 10.2. The van der Waals surface area contributed by atoms with Crippen LogP contribution in [0.2, 0.25) is 0 Å². The first kappa shape index (κ1) is 11.3. The molecule has 4 heteroatoms. The topological polar surface area (TPSA) is 45.1 Å². The summed E-state index contributed by atoms with van der Waals surface area (Å²) in [7, 11) is 0. The van der Waals surface area contributed by atoms with Crippen LogP contribution in [0.5, 0.6) is 0 Å². The van der Waals surface area contributed by atoms with Crippen molar-refractivity contribution in [2.45, 2.75) is 12.6 Å². The van der Waals surface area contributed by atoms with E-state index in [-0.39, 0.29) is 12.6 Å². The summed E-state index contributed by atoms with van der Waals surface area (Å²) in [5.74, 6) is 0. The zero-order chi connectivity index (χ0) is 11.2. The molecule has 0 aliphatic heterocycles. The molecule has 84 valence electrons. The Hall–Kier alpha value is -1.23. The normalized spacial score (nSPS) is 12.6. The number of rotatable bonds is 5. The molecule has 1 aromatic carbocycles. The predicted octanol–water partition coefficient (Wildman–Crippen LogP) is 1.97. The second-order valence-electron chi connectivity index (χ2n) is 3.51. The van der Waals surface area contributed by atoms with Gasteiger partial charge in [-0.15, -0.1) is 11.3 Å². The van der Waals surface area contributed by atoms with Crippen molar-refractivity contribution >= 4 is 11.3 Å².